The van der Waals surface area contributed by atoms with Crippen molar-refractivity contribution in [1.82, 2.24) is 5.32 Å². The van der Waals surface area contributed by atoms with Crippen molar-refractivity contribution in [3.63, 3.8) is 0 Å². The van der Waals surface area contributed by atoms with Gasteiger partial charge in [0.25, 0.3) is 5.91 Å². The molecule has 0 atom stereocenters. The van der Waals surface area contributed by atoms with Crippen LogP contribution >= 0.6 is 0 Å². The largest absolute Gasteiger partial charge is 0.497 e. The first-order valence-corrected chi connectivity index (χ1v) is 10.4. The third kappa shape index (κ3) is 5.88. The Bertz CT molecular complexity index is 980. The number of rotatable bonds is 9. The van der Waals surface area contributed by atoms with Gasteiger partial charge in [-0.1, -0.05) is 43.3 Å². The van der Waals surface area contributed by atoms with Gasteiger partial charge in [0.1, 0.15) is 11.5 Å². The quantitative estimate of drug-likeness (QED) is 0.509. The number of aryl methyl sites for hydroxylation is 1. The van der Waals surface area contributed by atoms with E-state index in [1.54, 1.807) is 26.4 Å². The Morgan fingerprint density at radius 3 is 1.72 bits per heavy atom. The van der Waals surface area contributed by atoms with Crippen molar-refractivity contribution in [3.8, 4) is 11.5 Å². The van der Waals surface area contributed by atoms with E-state index in [-0.39, 0.29) is 6.61 Å². The van der Waals surface area contributed by atoms with Crippen molar-refractivity contribution in [2.75, 3.05) is 20.8 Å². The lowest BCUT2D eigenvalue weighted by molar-refractivity contribution is -0.124. The fourth-order valence-corrected chi connectivity index (χ4v) is 3.25. The minimum atomic E-state index is -0.534. The minimum Gasteiger partial charge on any atom is -0.497 e. The molecule has 0 aromatic heterocycles. The minimum absolute atomic E-state index is 0.378. The molecule has 3 aromatic rings. The van der Waals surface area contributed by atoms with Crippen molar-refractivity contribution in [3.05, 3.63) is 95.1 Å². The first-order chi connectivity index (χ1) is 15.5. The summed E-state index contributed by atoms with van der Waals surface area (Å²) in [5.74, 6) is 0.501. The number of benzene rings is 3. The van der Waals surface area contributed by atoms with Crippen LogP contribution in [0.15, 0.2) is 72.8 Å². The Hall–Kier alpha value is -3.80. The predicted octanol–water partition coefficient (Wildman–Crippen LogP) is 4.33. The van der Waals surface area contributed by atoms with Gasteiger partial charge in [0, 0.05) is 0 Å². The van der Waals surface area contributed by atoms with E-state index in [4.69, 9.17) is 14.2 Å². The van der Waals surface area contributed by atoms with Crippen LogP contribution < -0.4 is 14.8 Å². The predicted molar refractivity (Wildman–Crippen MR) is 122 cm³/mol. The molecular formula is C26H27NO5. The molecule has 6 heteroatoms. The van der Waals surface area contributed by atoms with Gasteiger partial charge >= 0.3 is 5.97 Å². The summed E-state index contributed by atoms with van der Waals surface area (Å²) in [5, 5.41) is 2.95. The van der Waals surface area contributed by atoms with Gasteiger partial charge in [0.2, 0.25) is 0 Å². The Morgan fingerprint density at radius 1 is 0.781 bits per heavy atom. The Labute approximate surface area is 188 Å². The van der Waals surface area contributed by atoms with Gasteiger partial charge in [-0.15, -0.1) is 0 Å². The number of hydrogen-bond acceptors (Lipinski definition) is 5. The molecule has 3 rings (SSSR count). The van der Waals surface area contributed by atoms with Crippen molar-refractivity contribution in [1.29, 1.82) is 0 Å². The number of carbonyl (C=O) groups excluding carboxylic acids is 2. The number of carbonyl (C=O) groups is 2. The first-order valence-electron chi connectivity index (χ1n) is 10.4. The molecule has 0 spiro atoms. The Kier molecular flexibility index (Phi) is 7.86. The molecule has 1 N–H and O–H groups in total. The van der Waals surface area contributed by atoms with Crippen LogP contribution in [-0.2, 0) is 16.0 Å². The van der Waals surface area contributed by atoms with Crippen LogP contribution in [0.3, 0.4) is 0 Å². The van der Waals surface area contributed by atoms with Gasteiger partial charge in [0.05, 0.1) is 25.8 Å². The second-order valence-electron chi connectivity index (χ2n) is 7.17. The summed E-state index contributed by atoms with van der Waals surface area (Å²) in [7, 11) is 3.20. The molecule has 0 aliphatic heterocycles. The Balaban J connectivity index is 1.71. The van der Waals surface area contributed by atoms with E-state index in [0.29, 0.717) is 5.56 Å². The average Bonchev–Trinajstić information content (AvgIpc) is 2.86. The number of ether oxygens (including phenoxy) is 3. The number of hydrogen-bond donors (Lipinski definition) is 1. The Morgan fingerprint density at radius 2 is 1.28 bits per heavy atom. The summed E-state index contributed by atoms with van der Waals surface area (Å²) in [6.45, 7) is 1.66. The molecular weight excluding hydrogens is 406 g/mol. The van der Waals surface area contributed by atoms with E-state index < -0.39 is 17.9 Å². The molecule has 0 unspecified atom stereocenters. The number of nitrogens with one attached hydrogen (secondary N) is 1. The highest BCUT2D eigenvalue weighted by Crippen LogP contribution is 2.26. The van der Waals surface area contributed by atoms with Crippen molar-refractivity contribution in [2.45, 2.75) is 19.4 Å². The topological polar surface area (TPSA) is 73.9 Å². The van der Waals surface area contributed by atoms with Crippen LogP contribution in [0, 0.1) is 0 Å². The molecule has 6 nitrogen and oxygen atoms in total. The zero-order chi connectivity index (χ0) is 22.9. The van der Waals surface area contributed by atoms with Crippen LogP contribution in [0.1, 0.15) is 40.0 Å². The summed E-state index contributed by atoms with van der Waals surface area (Å²) in [6.07, 6.45) is 0.885. The van der Waals surface area contributed by atoms with Gasteiger partial charge < -0.3 is 19.5 Å². The maximum atomic E-state index is 12.6. The molecule has 0 saturated carbocycles. The van der Waals surface area contributed by atoms with Crippen LogP contribution in [0.5, 0.6) is 11.5 Å². The molecule has 1 amide bonds. The summed E-state index contributed by atoms with van der Waals surface area (Å²) in [5.41, 5.74) is 3.27. The third-order valence-electron chi connectivity index (χ3n) is 5.14. The maximum absolute atomic E-state index is 12.6. The van der Waals surface area contributed by atoms with E-state index in [9.17, 15) is 9.59 Å². The lowest BCUT2D eigenvalue weighted by atomic mass is 9.98. The average molecular weight is 434 g/mol. The van der Waals surface area contributed by atoms with E-state index in [0.717, 1.165) is 34.6 Å². The van der Waals surface area contributed by atoms with Crippen LogP contribution in [0.2, 0.25) is 0 Å². The summed E-state index contributed by atoms with van der Waals surface area (Å²) < 4.78 is 15.7. The number of esters is 1. The molecule has 0 aliphatic carbocycles. The molecule has 0 bridgehead atoms. The molecule has 32 heavy (non-hydrogen) atoms. The van der Waals surface area contributed by atoms with E-state index in [2.05, 4.69) is 5.32 Å². The van der Waals surface area contributed by atoms with E-state index in [1.165, 1.54) is 0 Å². The second-order valence-corrected chi connectivity index (χ2v) is 7.17. The van der Waals surface area contributed by atoms with E-state index >= 15 is 0 Å². The third-order valence-corrected chi connectivity index (χ3v) is 5.14. The highest BCUT2D eigenvalue weighted by molar-refractivity contribution is 5.91. The van der Waals surface area contributed by atoms with Crippen LogP contribution in [0.4, 0.5) is 0 Å². The highest BCUT2D eigenvalue weighted by Gasteiger charge is 2.19. The maximum Gasteiger partial charge on any atom is 0.338 e. The molecule has 3 aromatic carbocycles. The smallest absolute Gasteiger partial charge is 0.338 e. The molecule has 0 heterocycles. The fraction of sp³-hybridized carbons (Fsp3) is 0.231. The molecule has 0 aliphatic rings. The standard InChI is InChI=1S/C26H27NO5/c1-4-18-5-7-21(8-6-18)26(29)32-17-24(28)27-25(19-9-13-22(30-2)14-10-19)20-11-15-23(31-3)16-12-20/h5-16,25H,4,17H2,1-3H3,(H,27,28). The van der Waals surface area contributed by atoms with Gasteiger partial charge in [0.15, 0.2) is 6.61 Å². The fourth-order valence-electron chi connectivity index (χ4n) is 3.25. The summed E-state index contributed by atoms with van der Waals surface area (Å²) in [4.78, 5) is 24.9. The lowest BCUT2D eigenvalue weighted by Gasteiger charge is -2.20. The van der Waals surface area contributed by atoms with E-state index in [1.807, 2.05) is 67.6 Å². The van der Waals surface area contributed by atoms with Crippen molar-refractivity contribution < 1.29 is 23.8 Å². The zero-order valence-electron chi connectivity index (χ0n) is 18.5. The van der Waals surface area contributed by atoms with Gasteiger partial charge in [-0.05, 0) is 59.5 Å². The molecule has 166 valence electrons. The molecule has 0 fully saturated rings. The lowest BCUT2D eigenvalue weighted by Crippen LogP contribution is -2.33. The van der Waals surface area contributed by atoms with Crippen LogP contribution in [0.25, 0.3) is 0 Å². The van der Waals surface area contributed by atoms with Crippen molar-refractivity contribution >= 4 is 11.9 Å². The normalized spacial score (nSPS) is 10.5. The zero-order valence-corrected chi connectivity index (χ0v) is 18.5. The van der Waals surface area contributed by atoms with Gasteiger partial charge in [-0.2, -0.15) is 0 Å². The monoisotopic (exact) mass is 433 g/mol. The van der Waals surface area contributed by atoms with Gasteiger partial charge in [-0.25, -0.2) is 4.79 Å². The van der Waals surface area contributed by atoms with Crippen molar-refractivity contribution in [2.24, 2.45) is 0 Å². The van der Waals surface area contributed by atoms with Gasteiger partial charge in [-0.3, -0.25) is 4.79 Å². The number of amides is 1. The summed E-state index contributed by atoms with van der Waals surface area (Å²) >= 11 is 0. The summed E-state index contributed by atoms with van der Waals surface area (Å²) in [6, 6.07) is 21.6. The molecule has 0 saturated heterocycles. The van der Waals surface area contributed by atoms with Crippen LogP contribution in [-0.4, -0.2) is 32.7 Å². The highest BCUT2D eigenvalue weighted by atomic mass is 16.5. The first kappa shape index (κ1) is 22.9. The SMILES string of the molecule is CCc1ccc(C(=O)OCC(=O)NC(c2ccc(OC)cc2)c2ccc(OC)cc2)cc1. The number of methoxy groups -OCH3 is 2. The second kappa shape index (κ2) is 11.0. The molecule has 0 radical (unpaired) electrons.